The van der Waals surface area contributed by atoms with Gasteiger partial charge in [0.2, 0.25) is 5.91 Å². The van der Waals surface area contributed by atoms with Gasteiger partial charge in [-0.2, -0.15) is 0 Å². The Bertz CT molecular complexity index is 285. The van der Waals surface area contributed by atoms with Crippen molar-refractivity contribution in [3.63, 3.8) is 0 Å². The topological polar surface area (TPSA) is 86.6 Å². The van der Waals surface area contributed by atoms with Gasteiger partial charge in [0.1, 0.15) is 0 Å². The van der Waals surface area contributed by atoms with Crippen LogP contribution in [0.3, 0.4) is 0 Å². The molecule has 0 aliphatic heterocycles. The van der Waals surface area contributed by atoms with Gasteiger partial charge in [-0.25, -0.2) is 0 Å². The number of rotatable bonds is 7. The average molecular weight is 257 g/mol. The number of carbonyl (C=O) groups is 2. The maximum absolute atomic E-state index is 11.8. The Hall–Kier alpha value is -1.10. The molecule has 0 bridgehead atoms. The second kappa shape index (κ2) is 7.36. The molecule has 104 valence electrons. The van der Waals surface area contributed by atoms with Crippen LogP contribution in [0.25, 0.3) is 0 Å². The molecule has 1 amide bonds. The van der Waals surface area contributed by atoms with E-state index in [4.69, 9.17) is 5.11 Å². The third-order valence-corrected chi connectivity index (χ3v) is 3.56. The molecule has 0 atom stereocenters. The highest BCUT2D eigenvalue weighted by Crippen LogP contribution is 2.27. The highest BCUT2D eigenvalue weighted by atomic mass is 16.4. The lowest BCUT2D eigenvalue weighted by Gasteiger charge is -2.36. The summed E-state index contributed by atoms with van der Waals surface area (Å²) >= 11 is 0. The molecule has 1 aliphatic rings. The summed E-state index contributed by atoms with van der Waals surface area (Å²) in [5.74, 6) is -0.897. The van der Waals surface area contributed by atoms with E-state index in [1.807, 2.05) is 0 Å². The molecule has 0 heterocycles. The SMILES string of the molecule is O=C(O)CCCCC(=O)NC1(CO)CCCCC1. The van der Waals surface area contributed by atoms with Crippen molar-refractivity contribution in [1.82, 2.24) is 5.32 Å². The van der Waals surface area contributed by atoms with Gasteiger partial charge in [0, 0.05) is 12.8 Å². The van der Waals surface area contributed by atoms with Crippen molar-refractivity contribution < 1.29 is 19.8 Å². The van der Waals surface area contributed by atoms with Gasteiger partial charge in [-0.05, 0) is 25.7 Å². The molecule has 0 spiro atoms. The molecule has 1 fully saturated rings. The van der Waals surface area contributed by atoms with Gasteiger partial charge < -0.3 is 15.5 Å². The fraction of sp³-hybridized carbons (Fsp3) is 0.846. The first-order chi connectivity index (χ1) is 8.58. The maximum Gasteiger partial charge on any atom is 0.303 e. The van der Waals surface area contributed by atoms with E-state index in [1.165, 1.54) is 0 Å². The van der Waals surface area contributed by atoms with Gasteiger partial charge in [-0.3, -0.25) is 9.59 Å². The lowest BCUT2D eigenvalue weighted by atomic mass is 9.82. The van der Waals surface area contributed by atoms with Gasteiger partial charge in [-0.1, -0.05) is 19.3 Å². The second-order valence-electron chi connectivity index (χ2n) is 5.15. The predicted octanol–water partition coefficient (Wildman–Crippen LogP) is 1.44. The van der Waals surface area contributed by atoms with Crippen LogP contribution in [0.15, 0.2) is 0 Å². The molecule has 5 heteroatoms. The Morgan fingerprint density at radius 3 is 2.22 bits per heavy atom. The van der Waals surface area contributed by atoms with Crippen LogP contribution in [0.1, 0.15) is 57.8 Å². The Balaban J connectivity index is 2.26. The number of hydrogen-bond acceptors (Lipinski definition) is 3. The molecular weight excluding hydrogens is 234 g/mol. The number of aliphatic hydroxyl groups is 1. The quantitative estimate of drug-likeness (QED) is 0.602. The van der Waals surface area contributed by atoms with Crippen LogP contribution in [-0.2, 0) is 9.59 Å². The summed E-state index contributed by atoms with van der Waals surface area (Å²) in [5, 5.41) is 20.9. The zero-order chi connectivity index (χ0) is 13.4. The van der Waals surface area contributed by atoms with E-state index in [9.17, 15) is 14.7 Å². The fourth-order valence-corrected chi connectivity index (χ4v) is 2.47. The molecule has 0 unspecified atom stereocenters. The van der Waals surface area contributed by atoms with Crippen LogP contribution in [0.5, 0.6) is 0 Å². The van der Waals surface area contributed by atoms with Crippen molar-refractivity contribution in [2.75, 3.05) is 6.61 Å². The molecule has 1 saturated carbocycles. The summed E-state index contributed by atoms with van der Waals surface area (Å²) in [6.45, 7) is -0.00609. The highest BCUT2D eigenvalue weighted by molar-refractivity contribution is 5.76. The van der Waals surface area contributed by atoms with Gasteiger partial charge in [0.05, 0.1) is 12.1 Å². The van der Waals surface area contributed by atoms with Gasteiger partial charge in [0.25, 0.3) is 0 Å². The minimum Gasteiger partial charge on any atom is -0.481 e. The number of hydrogen-bond donors (Lipinski definition) is 3. The summed E-state index contributed by atoms with van der Waals surface area (Å²) in [6, 6.07) is 0. The number of aliphatic hydroxyl groups excluding tert-OH is 1. The van der Waals surface area contributed by atoms with Gasteiger partial charge in [-0.15, -0.1) is 0 Å². The van der Waals surface area contributed by atoms with Crippen molar-refractivity contribution in [2.24, 2.45) is 0 Å². The van der Waals surface area contributed by atoms with Crippen LogP contribution in [0.4, 0.5) is 0 Å². The molecule has 0 aromatic heterocycles. The smallest absolute Gasteiger partial charge is 0.303 e. The third-order valence-electron chi connectivity index (χ3n) is 3.56. The van der Waals surface area contributed by atoms with E-state index in [1.54, 1.807) is 0 Å². The largest absolute Gasteiger partial charge is 0.481 e. The van der Waals surface area contributed by atoms with Crippen LogP contribution in [-0.4, -0.2) is 34.2 Å². The molecule has 0 saturated heterocycles. The number of unbranched alkanes of at least 4 members (excludes halogenated alkanes) is 1. The Morgan fingerprint density at radius 2 is 1.67 bits per heavy atom. The Labute approximate surface area is 108 Å². The molecule has 0 radical (unpaired) electrons. The lowest BCUT2D eigenvalue weighted by molar-refractivity contribution is -0.137. The number of carboxylic acids is 1. The zero-order valence-electron chi connectivity index (χ0n) is 10.8. The molecule has 1 aliphatic carbocycles. The van der Waals surface area contributed by atoms with E-state index in [0.29, 0.717) is 19.3 Å². The number of nitrogens with one attached hydrogen (secondary N) is 1. The molecule has 0 aromatic carbocycles. The molecule has 18 heavy (non-hydrogen) atoms. The van der Waals surface area contributed by atoms with E-state index < -0.39 is 11.5 Å². The normalized spacial score (nSPS) is 18.3. The average Bonchev–Trinajstić information content (AvgIpc) is 2.35. The number of carboxylic acid groups (broad SMARTS) is 1. The number of aliphatic carboxylic acids is 1. The molecule has 3 N–H and O–H groups in total. The zero-order valence-corrected chi connectivity index (χ0v) is 10.8. The van der Waals surface area contributed by atoms with Crippen LogP contribution in [0, 0.1) is 0 Å². The standard InChI is InChI=1S/C13H23NO4/c15-10-13(8-4-1-5-9-13)14-11(16)6-2-3-7-12(17)18/h15H,1-10H2,(H,14,16)(H,17,18). The van der Waals surface area contributed by atoms with Crippen LogP contribution in [0.2, 0.25) is 0 Å². The van der Waals surface area contributed by atoms with Crippen LogP contribution >= 0.6 is 0 Å². The van der Waals surface area contributed by atoms with E-state index >= 15 is 0 Å². The summed E-state index contributed by atoms with van der Waals surface area (Å²) in [4.78, 5) is 22.1. The molecular formula is C13H23NO4. The fourth-order valence-electron chi connectivity index (χ4n) is 2.47. The van der Waals surface area contributed by atoms with Crippen molar-refractivity contribution >= 4 is 11.9 Å². The Kier molecular flexibility index (Phi) is 6.12. The highest BCUT2D eigenvalue weighted by Gasteiger charge is 2.32. The van der Waals surface area contributed by atoms with Crippen molar-refractivity contribution in [3.05, 3.63) is 0 Å². The third kappa shape index (κ3) is 5.04. The van der Waals surface area contributed by atoms with Crippen molar-refractivity contribution in [2.45, 2.75) is 63.3 Å². The molecule has 1 rings (SSSR count). The minimum atomic E-state index is -0.825. The van der Waals surface area contributed by atoms with E-state index in [0.717, 1.165) is 32.1 Å². The van der Waals surface area contributed by atoms with Crippen LogP contribution < -0.4 is 5.32 Å². The van der Waals surface area contributed by atoms with Gasteiger partial charge in [0.15, 0.2) is 0 Å². The summed E-state index contributed by atoms with van der Waals surface area (Å²) < 4.78 is 0. The van der Waals surface area contributed by atoms with Gasteiger partial charge >= 0.3 is 5.97 Å². The predicted molar refractivity (Wildman–Crippen MR) is 67.1 cm³/mol. The Morgan fingerprint density at radius 1 is 1.06 bits per heavy atom. The number of carbonyl (C=O) groups excluding carboxylic acids is 1. The second-order valence-corrected chi connectivity index (χ2v) is 5.15. The first kappa shape index (κ1) is 15.0. The number of amides is 1. The van der Waals surface area contributed by atoms with E-state index in [-0.39, 0.29) is 18.9 Å². The summed E-state index contributed by atoms with van der Waals surface area (Å²) in [7, 11) is 0. The molecule has 5 nitrogen and oxygen atoms in total. The van der Waals surface area contributed by atoms with Crippen molar-refractivity contribution in [1.29, 1.82) is 0 Å². The summed E-state index contributed by atoms with van der Waals surface area (Å²) in [6.07, 6.45) is 6.48. The van der Waals surface area contributed by atoms with Crippen molar-refractivity contribution in [3.8, 4) is 0 Å². The van der Waals surface area contributed by atoms with E-state index in [2.05, 4.69) is 5.32 Å². The first-order valence-corrected chi connectivity index (χ1v) is 6.72. The monoisotopic (exact) mass is 257 g/mol. The maximum atomic E-state index is 11.8. The molecule has 0 aromatic rings. The lowest BCUT2D eigenvalue weighted by Crippen LogP contribution is -2.52. The first-order valence-electron chi connectivity index (χ1n) is 6.72. The summed E-state index contributed by atoms with van der Waals surface area (Å²) in [5.41, 5.74) is -0.428. The minimum absolute atomic E-state index is 0.00609.